The van der Waals surface area contributed by atoms with E-state index < -0.39 is 0 Å². The van der Waals surface area contributed by atoms with Crippen LogP contribution in [0.5, 0.6) is 0 Å². The molecule has 3 nitrogen and oxygen atoms in total. The summed E-state index contributed by atoms with van der Waals surface area (Å²) < 4.78 is 0. The zero-order valence-corrected chi connectivity index (χ0v) is 21.0. The fraction of sp³-hybridized carbons (Fsp3) is 0.387. The molecule has 0 heterocycles. The summed E-state index contributed by atoms with van der Waals surface area (Å²) in [5.41, 5.74) is 10.4. The van der Waals surface area contributed by atoms with Gasteiger partial charge in [0.25, 0.3) is 0 Å². The first-order valence-electron chi connectivity index (χ1n) is 12.6. The Bertz CT molecular complexity index is 976. The second-order valence-electron chi connectivity index (χ2n) is 9.72. The molecule has 0 aromatic heterocycles. The Kier molecular flexibility index (Phi) is 9.47. The Hall–Kier alpha value is -2.91. The lowest BCUT2D eigenvalue weighted by Crippen LogP contribution is -2.41. The largest absolute Gasteiger partial charge is 0.399 e. The van der Waals surface area contributed by atoms with Crippen LogP contribution in [0.15, 0.2) is 84.9 Å². The molecule has 0 aliphatic carbocycles. The number of nitrogens with zero attached hydrogens (tertiary/aromatic N) is 1. The Morgan fingerprint density at radius 1 is 0.912 bits per heavy atom. The van der Waals surface area contributed by atoms with Crippen molar-refractivity contribution < 1.29 is 4.79 Å². The van der Waals surface area contributed by atoms with Gasteiger partial charge in [0.2, 0.25) is 0 Å². The van der Waals surface area contributed by atoms with E-state index in [4.69, 9.17) is 5.73 Å². The predicted molar refractivity (Wildman–Crippen MR) is 144 cm³/mol. The number of carbonyl (C=O) groups excluding carboxylic acids is 1. The highest BCUT2D eigenvalue weighted by atomic mass is 16.1. The lowest BCUT2D eigenvalue weighted by molar-refractivity contribution is -0.119. The minimum Gasteiger partial charge on any atom is -0.399 e. The van der Waals surface area contributed by atoms with Crippen LogP contribution in [-0.2, 0) is 16.6 Å². The second kappa shape index (κ2) is 12.5. The fourth-order valence-electron chi connectivity index (χ4n) is 5.06. The molecule has 0 aliphatic rings. The summed E-state index contributed by atoms with van der Waals surface area (Å²) in [7, 11) is 2.16. The van der Waals surface area contributed by atoms with E-state index in [-0.39, 0.29) is 5.41 Å². The first-order chi connectivity index (χ1) is 16.4. The van der Waals surface area contributed by atoms with Gasteiger partial charge in [-0.15, -0.1) is 0 Å². The van der Waals surface area contributed by atoms with Gasteiger partial charge in [-0.1, -0.05) is 93.1 Å². The molecule has 3 aromatic rings. The van der Waals surface area contributed by atoms with Crippen LogP contribution < -0.4 is 5.73 Å². The number of Topliss-reactive ketones (excluding diaryl/α,β-unsaturated/α-hetero) is 1. The van der Waals surface area contributed by atoms with Gasteiger partial charge in [-0.2, -0.15) is 0 Å². The van der Waals surface area contributed by atoms with Crippen LogP contribution >= 0.6 is 0 Å². The topological polar surface area (TPSA) is 46.3 Å². The number of ketones is 1. The minimum atomic E-state index is -0.0932. The number of carbonyl (C=O) groups is 1. The summed E-state index contributed by atoms with van der Waals surface area (Å²) in [5.74, 6) is 0.755. The standard InChI is InChI=1S/C31H40N2O/c1-4-12-28(31(2,26-14-7-5-8-15-26)27-16-9-6-10-17-27)24-33(3)22-21-30(34)20-19-25-13-11-18-29(32)23-25/h5-11,13-18,23,28H,4,12,19-22,24,32H2,1-3H3. The lowest BCUT2D eigenvalue weighted by atomic mass is 9.65. The number of aryl methyl sites for hydroxylation is 1. The third-order valence-corrected chi connectivity index (χ3v) is 7.15. The molecule has 2 N–H and O–H groups in total. The molecule has 1 unspecified atom stereocenters. The van der Waals surface area contributed by atoms with Gasteiger partial charge >= 0.3 is 0 Å². The minimum absolute atomic E-state index is 0.0932. The number of anilines is 1. The highest BCUT2D eigenvalue weighted by molar-refractivity contribution is 5.78. The van der Waals surface area contributed by atoms with Gasteiger partial charge in [-0.25, -0.2) is 0 Å². The number of hydrogen-bond acceptors (Lipinski definition) is 3. The number of hydrogen-bond donors (Lipinski definition) is 1. The molecular weight excluding hydrogens is 416 g/mol. The van der Waals surface area contributed by atoms with E-state index >= 15 is 0 Å². The van der Waals surface area contributed by atoms with Crippen molar-refractivity contribution in [1.82, 2.24) is 4.90 Å². The van der Waals surface area contributed by atoms with E-state index in [1.807, 2.05) is 24.3 Å². The van der Waals surface area contributed by atoms with Gasteiger partial charge in [0.05, 0.1) is 0 Å². The molecule has 0 spiro atoms. The first kappa shape index (κ1) is 25.7. The normalized spacial score (nSPS) is 12.6. The van der Waals surface area contributed by atoms with Crippen LogP contribution in [0.3, 0.4) is 0 Å². The molecule has 0 bridgehead atoms. The Balaban J connectivity index is 1.66. The van der Waals surface area contributed by atoms with Gasteiger partial charge in [0.15, 0.2) is 0 Å². The van der Waals surface area contributed by atoms with Gasteiger partial charge in [-0.3, -0.25) is 4.79 Å². The molecule has 0 aliphatic heterocycles. The first-order valence-corrected chi connectivity index (χ1v) is 12.6. The van der Waals surface area contributed by atoms with E-state index in [1.54, 1.807) is 0 Å². The smallest absolute Gasteiger partial charge is 0.134 e. The van der Waals surface area contributed by atoms with Crippen LogP contribution in [-0.4, -0.2) is 30.8 Å². The molecule has 180 valence electrons. The number of benzene rings is 3. The van der Waals surface area contributed by atoms with E-state index in [1.165, 1.54) is 11.1 Å². The SMILES string of the molecule is CCCC(CN(C)CCC(=O)CCc1cccc(N)c1)C(C)(c1ccccc1)c1ccccc1. The molecule has 0 radical (unpaired) electrons. The Morgan fingerprint density at radius 3 is 2.09 bits per heavy atom. The molecule has 1 atom stereocenters. The van der Waals surface area contributed by atoms with Gasteiger partial charge in [0, 0.05) is 37.0 Å². The molecule has 3 heteroatoms. The third kappa shape index (κ3) is 6.80. The van der Waals surface area contributed by atoms with Crippen LogP contribution in [0.4, 0.5) is 5.69 Å². The average molecular weight is 457 g/mol. The zero-order chi connectivity index (χ0) is 24.4. The average Bonchev–Trinajstić information content (AvgIpc) is 2.86. The molecule has 3 aromatic carbocycles. The lowest BCUT2D eigenvalue weighted by Gasteiger charge is -2.41. The third-order valence-electron chi connectivity index (χ3n) is 7.15. The van der Waals surface area contributed by atoms with Crippen molar-refractivity contribution in [3.8, 4) is 0 Å². The summed E-state index contributed by atoms with van der Waals surface area (Å²) in [6.45, 7) is 6.40. The van der Waals surface area contributed by atoms with Crippen LogP contribution in [0, 0.1) is 5.92 Å². The van der Waals surface area contributed by atoms with Crippen molar-refractivity contribution in [2.24, 2.45) is 5.92 Å². The quantitative estimate of drug-likeness (QED) is 0.298. The van der Waals surface area contributed by atoms with Crippen molar-refractivity contribution in [1.29, 1.82) is 0 Å². The second-order valence-corrected chi connectivity index (χ2v) is 9.72. The fourth-order valence-corrected chi connectivity index (χ4v) is 5.06. The number of nitrogens with two attached hydrogens (primary N) is 1. The van der Waals surface area contributed by atoms with Crippen molar-refractivity contribution in [2.45, 2.75) is 51.4 Å². The molecule has 0 saturated carbocycles. The molecular formula is C31H40N2O. The van der Waals surface area contributed by atoms with Gasteiger partial charge < -0.3 is 10.6 Å². The summed E-state index contributed by atoms with van der Waals surface area (Å²) >= 11 is 0. The van der Waals surface area contributed by atoms with E-state index in [2.05, 4.69) is 86.5 Å². The number of rotatable bonds is 13. The van der Waals surface area contributed by atoms with E-state index in [0.717, 1.165) is 43.6 Å². The summed E-state index contributed by atoms with van der Waals surface area (Å²) in [6.07, 6.45) is 4.18. The van der Waals surface area contributed by atoms with Crippen molar-refractivity contribution >= 4 is 11.5 Å². The van der Waals surface area contributed by atoms with E-state index in [0.29, 0.717) is 24.5 Å². The maximum Gasteiger partial charge on any atom is 0.134 e. The molecule has 3 rings (SSSR count). The Morgan fingerprint density at radius 2 is 1.53 bits per heavy atom. The highest BCUT2D eigenvalue weighted by Gasteiger charge is 2.37. The molecule has 0 fully saturated rings. The summed E-state index contributed by atoms with van der Waals surface area (Å²) in [5, 5.41) is 0. The highest BCUT2D eigenvalue weighted by Crippen LogP contribution is 2.41. The van der Waals surface area contributed by atoms with Crippen molar-refractivity contribution in [3.63, 3.8) is 0 Å². The van der Waals surface area contributed by atoms with Crippen LogP contribution in [0.1, 0.15) is 56.2 Å². The van der Waals surface area contributed by atoms with Crippen molar-refractivity contribution in [3.05, 3.63) is 102 Å². The van der Waals surface area contributed by atoms with Crippen LogP contribution in [0.2, 0.25) is 0 Å². The summed E-state index contributed by atoms with van der Waals surface area (Å²) in [4.78, 5) is 14.9. The maximum absolute atomic E-state index is 12.6. The monoisotopic (exact) mass is 456 g/mol. The van der Waals surface area contributed by atoms with Gasteiger partial charge in [-0.05, 0) is 54.6 Å². The van der Waals surface area contributed by atoms with Crippen molar-refractivity contribution in [2.75, 3.05) is 25.9 Å². The zero-order valence-electron chi connectivity index (χ0n) is 21.0. The molecule has 34 heavy (non-hydrogen) atoms. The Labute approximate surface area is 206 Å². The molecule has 0 saturated heterocycles. The van der Waals surface area contributed by atoms with Crippen LogP contribution in [0.25, 0.3) is 0 Å². The maximum atomic E-state index is 12.6. The predicted octanol–water partition coefficient (Wildman–Crippen LogP) is 6.51. The van der Waals surface area contributed by atoms with E-state index in [9.17, 15) is 4.79 Å². The number of nitrogen functional groups attached to an aromatic ring is 1. The molecule has 0 amide bonds. The summed E-state index contributed by atoms with van der Waals surface area (Å²) in [6, 6.07) is 29.6. The van der Waals surface area contributed by atoms with Gasteiger partial charge in [0.1, 0.15) is 5.78 Å².